The van der Waals surface area contributed by atoms with Crippen molar-refractivity contribution in [1.82, 2.24) is 19.9 Å². The van der Waals surface area contributed by atoms with Gasteiger partial charge in [-0.15, -0.1) is 0 Å². The van der Waals surface area contributed by atoms with E-state index >= 15 is 0 Å². The van der Waals surface area contributed by atoms with E-state index in [-0.39, 0.29) is 17.5 Å². The van der Waals surface area contributed by atoms with Gasteiger partial charge in [0.05, 0.1) is 36.4 Å². The highest BCUT2D eigenvalue weighted by Crippen LogP contribution is 2.32. The molecule has 2 N–H and O–H groups in total. The van der Waals surface area contributed by atoms with Crippen LogP contribution in [0.25, 0.3) is 16.6 Å². The van der Waals surface area contributed by atoms with Gasteiger partial charge in [0.2, 0.25) is 0 Å². The van der Waals surface area contributed by atoms with E-state index < -0.39 is 0 Å². The number of nitrogens with one attached hydrogen (secondary N) is 2. The number of amides is 1. The predicted octanol–water partition coefficient (Wildman–Crippen LogP) is 2.83. The Morgan fingerprint density at radius 2 is 1.97 bits per heavy atom. The SMILES string of the molecule is CC(NC(=O)c1cnn2c1[nH]c(=O)c1ccccc12)c1ccc2c(c1)OCCCO2. The van der Waals surface area contributed by atoms with Crippen molar-refractivity contribution in [3.05, 3.63) is 70.1 Å². The standard InChI is InChI=1S/C22H20N4O4/c1-13(14-7-8-18-19(11-14)30-10-4-9-29-18)24-22(28)16-12-23-26-17-6-3-2-5-15(17)21(27)25-20(16)26/h2-3,5-8,11-13H,4,9-10H2,1H3,(H,24,28)(H,25,27). The van der Waals surface area contributed by atoms with E-state index in [9.17, 15) is 9.59 Å². The maximum Gasteiger partial charge on any atom is 0.259 e. The first-order chi connectivity index (χ1) is 14.6. The Labute approximate surface area is 171 Å². The van der Waals surface area contributed by atoms with E-state index in [1.54, 1.807) is 22.7 Å². The zero-order chi connectivity index (χ0) is 20.7. The summed E-state index contributed by atoms with van der Waals surface area (Å²) in [6, 6.07) is 12.5. The van der Waals surface area contributed by atoms with Gasteiger partial charge in [0.15, 0.2) is 11.5 Å². The molecule has 0 radical (unpaired) electrons. The fraction of sp³-hybridized carbons (Fsp3) is 0.227. The number of rotatable bonds is 3. The Hall–Kier alpha value is -3.81. The first kappa shape index (κ1) is 18.2. The van der Waals surface area contributed by atoms with E-state index in [1.807, 2.05) is 31.2 Å². The van der Waals surface area contributed by atoms with E-state index in [1.165, 1.54) is 6.20 Å². The van der Waals surface area contributed by atoms with Gasteiger partial charge in [0.25, 0.3) is 11.5 Å². The molecule has 1 aliphatic rings. The number of nitrogens with zero attached hydrogens (tertiary/aromatic N) is 2. The largest absolute Gasteiger partial charge is 0.490 e. The molecule has 2 aromatic heterocycles. The Morgan fingerprint density at radius 1 is 1.17 bits per heavy atom. The highest BCUT2D eigenvalue weighted by molar-refractivity contribution is 6.00. The maximum absolute atomic E-state index is 13.0. The number of fused-ring (bicyclic) bond motifs is 4. The summed E-state index contributed by atoms with van der Waals surface area (Å²) in [7, 11) is 0. The molecule has 0 saturated heterocycles. The highest BCUT2D eigenvalue weighted by atomic mass is 16.5. The summed E-state index contributed by atoms with van der Waals surface area (Å²) >= 11 is 0. The van der Waals surface area contributed by atoms with Crippen molar-refractivity contribution >= 4 is 22.5 Å². The molecule has 5 rings (SSSR count). The summed E-state index contributed by atoms with van der Waals surface area (Å²) in [5.74, 6) is 1.07. The fourth-order valence-electron chi connectivity index (χ4n) is 3.65. The number of aromatic nitrogens is 3. The molecule has 1 aliphatic heterocycles. The number of carbonyl (C=O) groups excluding carboxylic acids is 1. The molecule has 1 unspecified atom stereocenters. The average molecular weight is 404 g/mol. The lowest BCUT2D eigenvalue weighted by Crippen LogP contribution is -2.27. The molecule has 8 heteroatoms. The number of para-hydroxylation sites is 1. The highest BCUT2D eigenvalue weighted by Gasteiger charge is 2.20. The monoisotopic (exact) mass is 404 g/mol. The first-order valence-electron chi connectivity index (χ1n) is 9.81. The van der Waals surface area contributed by atoms with E-state index in [2.05, 4.69) is 15.4 Å². The number of benzene rings is 2. The summed E-state index contributed by atoms with van der Waals surface area (Å²) in [5, 5.41) is 7.79. The molecule has 0 spiro atoms. The molecule has 0 saturated carbocycles. The Bertz CT molecular complexity index is 1320. The Balaban J connectivity index is 1.45. The van der Waals surface area contributed by atoms with Gasteiger partial charge in [0.1, 0.15) is 11.2 Å². The lowest BCUT2D eigenvalue weighted by atomic mass is 10.1. The third-order valence-corrected chi connectivity index (χ3v) is 5.24. The minimum absolute atomic E-state index is 0.261. The van der Waals surface area contributed by atoms with E-state index in [0.29, 0.717) is 46.8 Å². The second-order valence-electron chi connectivity index (χ2n) is 7.24. The van der Waals surface area contributed by atoms with Gasteiger partial charge in [0, 0.05) is 6.42 Å². The van der Waals surface area contributed by atoms with Crippen molar-refractivity contribution in [1.29, 1.82) is 0 Å². The molecule has 8 nitrogen and oxygen atoms in total. The molecule has 3 heterocycles. The molecule has 1 amide bonds. The Morgan fingerprint density at radius 3 is 2.83 bits per heavy atom. The third-order valence-electron chi connectivity index (χ3n) is 5.24. The molecule has 0 aliphatic carbocycles. The summed E-state index contributed by atoms with van der Waals surface area (Å²) in [6.07, 6.45) is 2.30. The quantitative estimate of drug-likeness (QED) is 0.547. The number of aromatic amines is 1. The minimum atomic E-state index is -0.324. The molecular weight excluding hydrogens is 384 g/mol. The lowest BCUT2D eigenvalue weighted by Gasteiger charge is -2.16. The van der Waals surface area contributed by atoms with Crippen molar-refractivity contribution in [3.63, 3.8) is 0 Å². The van der Waals surface area contributed by atoms with Gasteiger partial charge in [-0.25, -0.2) is 4.52 Å². The van der Waals surface area contributed by atoms with Crippen LogP contribution in [0.3, 0.4) is 0 Å². The maximum atomic E-state index is 13.0. The molecule has 0 fully saturated rings. The van der Waals surface area contributed by atoms with Crippen LogP contribution in [0.1, 0.15) is 35.3 Å². The second kappa shape index (κ2) is 7.22. The van der Waals surface area contributed by atoms with Crippen molar-refractivity contribution in [2.45, 2.75) is 19.4 Å². The van der Waals surface area contributed by atoms with Crippen molar-refractivity contribution in [2.24, 2.45) is 0 Å². The van der Waals surface area contributed by atoms with Gasteiger partial charge < -0.3 is 19.8 Å². The summed E-state index contributed by atoms with van der Waals surface area (Å²) in [6.45, 7) is 3.11. The van der Waals surface area contributed by atoms with Crippen molar-refractivity contribution in [2.75, 3.05) is 13.2 Å². The van der Waals surface area contributed by atoms with Crippen LogP contribution in [0, 0.1) is 0 Å². The van der Waals surface area contributed by atoms with Gasteiger partial charge in [-0.05, 0) is 36.8 Å². The minimum Gasteiger partial charge on any atom is -0.490 e. The van der Waals surface area contributed by atoms with E-state index in [4.69, 9.17) is 9.47 Å². The number of carbonyl (C=O) groups is 1. The molecular formula is C22H20N4O4. The third kappa shape index (κ3) is 3.06. The molecule has 2 aromatic carbocycles. The van der Waals surface area contributed by atoms with Crippen LogP contribution in [0.2, 0.25) is 0 Å². The summed E-state index contributed by atoms with van der Waals surface area (Å²) in [4.78, 5) is 28.1. The molecule has 1 atom stereocenters. The number of H-pyrrole nitrogens is 1. The molecule has 0 bridgehead atoms. The van der Waals surface area contributed by atoms with Gasteiger partial charge in [-0.2, -0.15) is 5.10 Å². The van der Waals surface area contributed by atoms with Crippen LogP contribution < -0.4 is 20.3 Å². The predicted molar refractivity (Wildman–Crippen MR) is 111 cm³/mol. The van der Waals surface area contributed by atoms with Gasteiger partial charge in [-0.1, -0.05) is 18.2 Å². The van der Waals surface area contributed by atoms with Gasteiger partial charge >= 0.3 is 0 Å². The van der Waals surface area contributed by atoms with Crippen molar-refractivity contribution in [3.8, 4) is 11.5 Å². The van der Waals surface area contributed by atoms with Gasteiger partial charge in [-0.3, -0.25) is 9.59 Å². The molecule has 152 valence electrons. The average Bonchev–Trinajstić information content (AvgIpc) is 3.04. The van der Waals surface area contributed by atoms with E-state index in [0.717, 1.165) is 12.0 Å². The lowest BCUT2D eigenvalue weighted by molar-refractivity contribution is 0.0941. The number of hydrogen-bond donors (Lipinski definition) is 2. The first-order valence-corrected chi connectivity index (χ1v) is 9.81. The Kier molecular flexibility index (Phi) is 4.39. The molecule has 30 heavy (non-hydrogen) atoms. The van der Waals surface area contributed by atoms with Crippen LogP contribution in [0.5, 0.6) is 11.5 Å². The van der Waals surface area contributed by atoms with Crippen LogP contribution in [0.15, 0.2) is 53.5 Å². The number of hydrogen-bond acceptors (Lipinski definition) is 5. The zero-order valence-corrected chi connectivity index (χ0v) is 16.3. The normalized spacial score (nSPS) is 14.4. The molecule has 4 aromatic rings. The smallest absolute Gasteiger partial charge is 0.259 e. The topological polar surface area (TPSA) is 97.7 Å². The summed E-state index contributed by atoms with van der Waals surface area (Å²) in [5.41, 5.74) is 1.94. The van der Waals surface area contributed by atoms with Crippen LogP contribution >= 0.6 is 0 Å². The number of ether oxygens (including phenoxy) is 2. The summed E-state index contributed by atoms with van der Waals surface area (Å²) < 4.78 is 13.0. The van der Waals surface area contributed by atoms with Crippen LogP contribution in [0.4, 0.5) is 0 Å². The fourth-order valence-corrected chi connectivity index (χ4v) is 3.65. The van der Waals surface area contributed by atoms with Crippen LogP contribution in [-0.2, 0) is 0 Å². The zero-order valence-electron chi connectivity index (χ0n) is 16.3. The second-order valence-corrected chi connectivity index (χ2v) is 7.24. The van der Waals surface area contributed by atoms with Crippen LogP contribution in [-0.4, -0.2) is 33.7 Å². The van der Waals surface area contributed by atoms with Crippen molar-refractivity contribution < 1.29 is 14.3 Å².